The summed E-state index contributed by atoms with van der Waals surface area (Å²) in [7, 11) is 0. The van der Waals surface area contributed by atoms with Crippen molar-refractivity contribution in [2.45, 2.75) is 13.0 Å². The Labute approximate surface area is 81.5 Å². The molecule has 1 aliphatic rings. The number of aromatic amines is 1. The Hall–Kier alpha value is -1.20. The van der Waals surface area contributed by atoms with Gasteiger partial charge in [-0.15, -0.1) is 0 Å². The van der Waals surface area contributed by atoms with Crippen LogP contribution < -0.4 is 11.0 Å². The zero-order valence-corrected chi connectivity index (χ0v) is 8.04. The molecule has 1 unspecified atom stereocenters. The summed E-state index contributed by atoms with van der Waals surface area (Å²) < 4.78 is 5.30. The number of nitrogens with one attached hydrogen (secondary N) is 2. The van der Waals surface area contributed by atoms with Crippen LogP contribution >= 0.6 is 0 Å². The van der Waals surface area contributed by atoms with Crippen LogP contribution in [0.5, 0.6) is 0 Å². The van der Waals surface area contributed by atoms with Gasteiger partial charge in [-0.05, 0) is 13.0 Å². The molecular formula is C9H13N3O2. The predicted molar refractivity (Wildman–Crippen MR) is 51.2 cm³/mol. The SMILES string of the molecule is Cc1cc(C2COCCN2)nc(=O)[nH]1. The molecule has 76 valence electrons. The van der Waals surface area contributed by atoms with Gasteiger partial charge in [-0.25, -0.2) is 4.79 Å². The molecule has 1 aromatic rings. The summed E-state index contributed by atoms with van der Waals surface area (Å²) in [5, 5.41) is 3.25. The fraction of sp³-hybridized carbons (Fsp3) is 0.556. The van der Waals surface area contributed by atoms with Gasteiger partial charge in [0.1, 0.15) is 0 Å². The van der Waals surface area contributed by atoms with E-state index >= 15 is 0 Å². The predicted octanol–water partition coefficient (Wildman–Crippen LogP) is -0.261. The van der Waals surface area contributed by atoms with Gasteiger partial charge >= 0.3 is 5.69 Å². The number of aryl methyl sites for hydroxylation is 1. The maximum absolute atomic E-state index is 11.1. The number of rotatable bonds is 1. The molecular weight excluding hydrogens is 182 g/mol. The van der Waals surface area contributed by atoms with E-state index in [1.54, 1.807) is 0 Å². The first-order valence-corrected chi connectivity index (χ1v) is 4.65. The number of ether oxygens (including phenoxy) is 1. The Balaban J connectivity index is 2.26. The van der Waals surface area contributed by atoms with Crippen LogP contribution in [0, 0.1) is 6.92 Å². The molecule has 1 fully saturated rings. The van der Waals surface area contributed by atoms with Crippen LogP contribution in [0.1, 0.15) is 17.4 Å². The van der Waals surface area contributed by atoms with E-state index in [4.69, 9.17) is 4.74 Å². The van der Waals surface area contributed by atoms with Crippen LogP contribution in [-0.4, -0.2) is 29.7 Å². The molecule has 2 rings (SSSR count). The Morgan fingerprint density at radius 2 is 2.50 bits per heavy atom. The minimum absolute atomic E-state index is 0.0461. The molecule has 0 aromatic carbocycles. The van der Waals surface area contributed by atoms with Crippen molar-refractivity contribution in [1.82, 2.24) is 15.3 Å². The van der Waals surface area contributed by atoms with Crippen LogP contribution in [0.25, 0.3) is 0 Å². The fourth-order valence-corrected chi connectivity index (χ4v) is 1.54. The molecule has 2 heterocycles. The number of nitrogens with zero attached hydrogens (tertiary/aromatic N) is 1. The van der Waals surface area contributed by atoms with Crippen molar-refractivity contribution in [1.29, 1.82) is 0 Å². The average Bonchev–Trinajstić information content (AvgIpc) is 2.18. The minimum Gasteiger partial charge on any atom is -0.378 e. The molecule has 1 saturated heterocycles. The molecule has 1 aliphatic heterocycles. The number of H-pyrrole nitrogens is 1. The first-order chi connectivity index (χ1) is 6.75. The third kappa shape index (κ3) is 2.00. The van der Waals surface area contributed by atoms with E-state index in [1.165, 1.54) is 0 Å². The second kappa shape index (κ2) is 3.89. The first-order valence-electron chi connectivity index (χ1n) is 4.65. The van der Waals surface area contributed by atoms with Crippen LogP contribution in [-0.2, 0) is 4.74 Å². The number of aromatic nitrogens is 2. The lowest BCUT2D eigenvalue weighted by molar-refractivity contribution is 0.0755. The van der Waals surface area contributed by atoms with Gasteiger partial charge in [0.2, 0.25) is 0 Å². The van der Waals surface area contributed by atoms with Crippen molar-refractivity contribution < 1.29 is 4.74 Å². The molecule has 0 amide bonds. The van der Waals surface area contributed by atoms with Gasteiger partial charge in [-0.1, -0.05) is 0 Å². The van der Waals surface area contributed by atoms with Crippen LogP contribution in [0.4, 0.5) is 0 Å². The summed E-state index contributed by atoms with van der Waals surface area (Å²) in [5.74, 6) is 0. The van der Waals surface area contributed by atoms with Crippen LogP contribution in [0.3, 0.4) is 0 Å². The van der Waals surface area contributed by atoms with Crippen LogP contribution in [0.2, 0.25) is 0 Å². The summed E-state index contributed by atoms with van der Waals surface area (Å²) in [6.07, 6.45) is 0. The molecule has 0 radical (unpaired) electrons. The minimum atomic E-state index is -0.299. The van der Waals surface area contributed by atoms with Crippen LogP contribution in [0.15, 0.2) is 10.9 Å². The Kier molecular flexibility index (Phi) is 2.60. The zero-order chi connectivity index (χ0) is 9.97. The highest BCUT2D eigenvalue weighted by Gasteiger charge is 2.16. The van der Waals surface area contributed by atoms with Crippen molar-refractivity contribution in [3.05, 3.63) is 27.9 Å². The fourth-order valence-electron chi connectivity index (χ4n) is 1.54. The van der Waals surface area contributed by atoms with Gasteiger partial charge in [0.05, 0.1) is 24.9 Å². The first kappa shape index (κ1) is 9.36. The molecule has 1 atom stereocenters. The summed E-state index contributed by atoms with van der Waals surface area (Å²) in [5.41, 5.74) is 1.28. The highest BCUT2D eigenvalue weighted by molar-refractivity contribution is 5.11. The topological polar surface area (TPSA) is 67.0 Å². The molecule has 5 nitrogen and oxygen atoms in total. The standard InChI is InChI=1S/C9H13N3O2/c1-6-4-7(12-9(13)11-6)8-5-14-3-2-10-8/h4,8,10H,2-3,5H2,1H3,(H,11,12,13). The van der Waals surface area contributed by atoms with Crippen molar-refractivity contribution in [3.63, 3.8) is 0 Å². The van der Waals surface area contributed by atoms with Gasteiger partial charge in [0, 0.05) is 12.2 Å². The van der Waals surface area contributed by atoms with E-state index in [0.29, 0.717) is 6.61 Å². The highest BCUT2D eigenvalue weighted by Crippen LogP contribution is 2.11. The second-order valence-corrected chi connectivity index (χ2v) is 3.38. The molecule has 1 aromatic heterocycles. The van der Waals surface area contributed by atoms with Gasteiger partial charge in [0.15, 0.2) is 0 Å². The smallest absolute Gasteiger partial charge is 0.345 e. The normalized spacial score (nSPS) is 22.2. The number of hydrogen-bond donors (Lipinski definition) is 2. The van der Waals surface area contributed by atoms with Gasteiger partial charge in [-0.2, -0.15) is 4.98 Å². The summed E-state index contributed by atoms with van der Waals surface area (Å²) in [6.45, 7) is 3.95. The van der Waals surface area contributed by atoms with Crippen molar-refractivity contribution in [2.24, 2.45) is 0 Å². The molecule has 2 N–H and O–H groups in total. The average molecular weight is 195 g/mol. The van der Waals surface area contributed by atoms with E-state index in [2.05, 4.69) is 15.3 Å². The zero-order valence-electron chi connectivity index (χ0n) is 8.04. The van der Waals surface area contributed by atoms with E-state index in [9.17, 15) is 4.79 Å². The molecule has 0 saturated carbocycles. The quantitative estimate of drug-likeness (QED) is 0.648. The lowest BCUT2D eigenvalue weighted by Crippen LogP contribution is -2.36. The highest BCUT2D eigenvalue weighted by atomic mass is 16.5. The largest absolute Gasteiger partial charge is 0.378 e. The summed E-state index contributed by atoms with van der Waals surface area (Å²) in [6, 6.07) is 1.91. The van der Waals surface area contributed by atoms with Crippen molar-refractivity contribution in [3.8, 4) is 0 Å². The number of hydrogen-bond acceptors (Lipinski definition) is 4. The lowest BCUT2D eigenvalue weighted by Gasteiger charge is -2.23. The summed E-state index contributed by atoms with van der Waals surface area (Å²) >= 11 is 0. The maximum atomic E-state index is 11.1. The van der Waals surface area contributed by atoms with Gasteiger partial charge in [-0.3, -0.25) is 0 Å². The van der Waals surface area contributed by atoms with E-state index in [0.717, 1.165) is 24.5 Å². The van der Waals surface area contributed by atoms with E-state index in [-0.39, 0.29) is 11.7 Å². The molecule has 0 spiro atoms. The molecule has 0 aliphatic carbocycles. The monoisotopic (exact) mass is 195 g/mol. The van der Waals surface area contributed by atoms with Gasteiger partial charge in [0.25, 0.3) is 0 Å². The lowest BCUT2D eigenvalue weighted by atomic mass is 10.2. The Morgan fingerprint density at radius 3 is 3.14 bits per heavy atom. The molecule has 5 heteroatoms. The third-order valence-electron chi connectivity index (χ3n) is 2.18. The second-order valence-electron chi connectivity index (χ2n) is 3.38. The van der Waals surface area contributed by atoms with Crippen molar-refractivity contribution in [2.75, 3.05) is 19.8 Å². The molecule has 14 heavy (non-hydrogen) atoms. The Morgan fingerprint density at radius 1 is 1.64 bits per heavy atom. The van der Waals surface area contributed by atoms with Gasteiger partial charge < -0.3 is 15.0 Å². The van der Waals surface area contributed by atoms with Crippen molar-refractivity contribution >= 4 is 0 Å². The molecule has 0 bridgehead atoms. The van der Waals surface area contributed by atoms with E-state index in [1.807, 2.05) is 13.0 Å². The number of morpholine rings is 1. The summed E-state index contributed by atoms with van der Waals surface area (Å²) in [4.78, 5) is 17.6. The third-order valence-corrected chi connectivity index (χ3v) is 2.18. The maximum Gasteiger partial charge on any atom is 0.345 e. The van der Waals surface area contributed by atoms with E-state index < -0.39 is 0 Å². The Bertz CT molecular complexity index is 369.